The number of nitrogens with one attached hydrogen (secondary N) is 1. The van der Waals surface area contributed by atoms with Gasteiger partial charge in [0, 0.05) is 7.05 Å². The molecule has 4 nitrogen and oxygen atoms in total. The Bertz CT molecular complexity index is 294. The molecule has 1 aliphatic carbocycles. The van der Waals surface area contributed by atoms with E-state index in [9.17, 15) is 9.59 Å². The summed E-state index contributed by atoms with van der Waals surface area (Å²) in [6, 6.07) is 0. The minimum Gasteiger partial charge on any atom is -0.369 e. The van der Waals surface area contributed by atoms with Gasteiger partial charge in [-0.15, -0.1) is 0 Å². The zero-order chi connectivity index (χ0) is 13.1. The van der Waals surface area contributed by atoms with Crippen LogP contribution in [0.25, 0.3) is 0 Å². The Hall–Kier alpha value is -1.06. The van der Waals surface area contributed by atoms with Crippen LogP contribution in [0.15, 0.2) is 0 Å². The highest BCUT2D eigenvalue weighted by molar-refractivity contribution is 5.90. The fourth-order valence-corrected chi connectivity index (χ4v) is 3.24. The Balaban J connectivity index is 3.08. The van der Waals surface area contributed by atoms with Crippen LogP contribution in [0.5, 0.6) is 0 Å². The summed E-state index contributed by atoms with van der Waals surface area (Å²) in [7, 11) is 1.62. The summed E-state index contributed by atoms with van der Waals surface area (Å²) in [6.45, 7) is 3.97. The third-order valence-electron chi connectivity index (χ3n) is 4.03. The maximum atomic E-state index is 12.0. The normalized spacial score (nSPS) is 20.9. The van der Waals surface area contributed by atoms with E-state index in [1.54, 1.807) is 7.05 Å². The molecule has 3 N–H and O–H groups in total. The Labute approximate surface area is 103 Å². The Kier molecular flexibility index (Phi) is 4.54. The van der Waals surface area contributed by atoms with Crippen LogP contribution in [0.4, 0.5) is 0 Å². The van der Waals surface area contributed by atoms with E-state index < -0.39 is 5.41 Å². The first-order chi connectivity index (χ1) is 7.95. The second kappa shape index (κ2) is 5.52. The monoisotopic (exact) mass is 240 g/mol. The molecule has 0 heterocycles. The number of hydrogen-bond donors (Lipinski definition) is 2. The topological polar surface area (TPSA) is 72.2 Å². The molecule has 0 aromatic heterocycles. The van der Waals surface area contributed by atoms with Crippen LogP contribution in [0.3, 0.4) is 0 Å². The van der Waals surface area contributed by atoms with Crippen molar-refractivity contribution in [1.82, 2.24) is 5.32 Å². The Morgan fingerprint density at radius 1 is 1.18 bits per heavy atom. The molecule has 0 aromatic rings. The minimum atomic E-state index is -0.632. The maximum absolute atomic E-state index is 12.0. The highest BCUT2D eigenvalue weighted by Crippen LogP contribution is 2.45. The molecular formula is C13H24N2O2. The van der Waals surface area contributed by atoms with Gasteiger partial charge in [0.1, 0.15) is 0 Å². The van der Waals surface area contributed by atoms with E-state index in [4.69, 9.17) is 5.73 Å². The molecule has 1 aliphatic rings. The van der Waals surface area contributed by atoms with Crippen LogP contribution in [0, 0.1) is 17.3 Å². The number of amides is 2. The fraction of sp³-hybridized carbons (Fsp3) is 0.846. The van der Waals surface area contributed by atoms with Crippen molar-refractivity contribution >= 4 is 11.8 Å². The number of hydrogen-bond acceptors (Lipinski definition) is 2. The molecule has 1 atom stereocenters. The molecule has 0 saturated heterocycles. The molecule has 98 valence electrons. The molecule has 1 unspecified atom stereocenters. The molecule has 0 aliphatic heterocycles. The summed E-state index contributed by atoms with van der Waals surface area (Å²) in [5, 5.41) is 2.68. The number of carbonyl (C=O) groups is 2. The first-order valence-corrected chi connectivity index (χ1v) is 6.47. The Morgan fingerprint density at radius 3 is 2.06 bits per heavy atom. The largest absolute Gasteiger partial charge is 0.369 e. The van der Waals surface area contributed by atoms with Gasteiger partial charge in [-0.2, -0.15) is 0 Å². The molecule has 0 radical (unpaired) electrons. The summed E-state index contributed by atoms with van der Waals surface area (Å²) in [5.41, 5.74) is 4.98. The van der Waals surface area contributed by atoms with E-state index in [2.05, 4.69) is 5.32 Å². The van der Waals surface area contributed by atoms with Crippen LogP contribution >= 0.6 is 0 Å². The zero-order valence-electron chi connectivity index (χ0n) is 11.1. The standard InChI is InChI=1S/C13H24N2O2/c1-9(2)10(11(16)15-3)13(12(14)17)7-5-4-6-8-13/h9-10H,4-8H2,1-3H3,(H2,14,17)(H,15,16). The smallest absolute Gasteiger partial charge is 0.224 e. The summed E-state index contributed by atoms with van der Waals surface area (Å²) in [4.78, 5) is 23.9. The zero-order valence-corrected chi connectivity index (χ0v) is 11.1. The lowest BCUT2D eigenvalue weighted by Gasteiger charge is -2.41. The number of primary amides is 1. The Morgan fingerprint density at radius 2 is 1.71 bits per heavy atom. The predicted molar refractivity (Wildman–Crippen MR) is 67.1 cm³/mol. The molecule has 0 aromatic carbocycles. The van der Waals surface area contributed by atoms with Crippen molar-refractivity contribution in [2.75, 3.05) is 7.05 Å². The van der Waals surface area contributed by atoms with E-state index in [0.29, 0.717) is 0 Å². The molecule has 1 rings (SSSR count). The van der Waals surface area contributed by atoms with Gasteiger partial charge in [0.2, 0.25) is 11.8 Å². The van der Waals surface area contributed by atoms with E-state index in [1.165, 1.54) is 0 Å². The summed E-state index contributed by atoms with van der Waals surface area (Å²) >= 11 is 0. The highest BCUT2D eigenvalue weighted by Gasteiger charge is 2.49. The van der Waals surface area contributed by atoms with Crippen molar-refractivity contribution in [3.8, 4) is 0 Å². The first kappa shape index (κ1) is 14.0. The van der Waals surface area contributed by atoms with Crippen molar-refractivity contribution in [3.05, 3.63) is 0 Å². The van der Waals surface area contributed by atoms with Gasteiger partial charge in [0.05, 0.1) is 11.3 Å². The summed E-state index contributed by atoms with van der Waals surface area (Å²) in [6.07, 6.45) is 4.61. The molecule has 0 spiro atoms. The third-order valence-corrected chi connectivity index (χ3v) is 4.03. The predicted octanol–water partition coefficient (Wildman–Crippen LogP) is 1.44. The summed E-state index contributed by atoms with van der Waals surface area (Å²) < 4.78 is 0. The lowest BCUT2D eigenvalue weighted by atomic mass is 9.61. The molecular weight excluding hydrogens is 216 g/mol. The third kappa shape index (κ3) is 2.61. The van der Waals surface area contributed by atoms with Crippen LogP contribution in [0.2, 0.25) is 0 Å². The molecule has 17 heavy (non-hydrogen) atoms. The van der Waals surface area contributed by atoms with Gasteiger partial charge in [0.25, 0.3) is 0 Å². The SMILES string of the molecule is CNC(=O)C(C(C)C)C1(C(N)=O)CCCCC1. The average molecular weight is 240 g/mol. The van der Waals surface area contributed by atoms with Crippen LogP contribution in [-0.4, -0.2) is 18.9 Å². The van der Waals surface area contributed by atoms with Crippen molar-refractivity contribution in [2.24, 2.45) is 23.0 Å². The summed E-state index contributed by atoms with van der Waals surface area (Å²) in [5.74, 6) is -0.536. The molecule has 1 saturated carbocycles. The second-order valence-electron chi connectivity index (χ2n) is 5.42. The van der Waals surface area contributed by atoms with Crippen molar-refractivity contribution in [2.45, 2.75) is 46.0 Å². The van der Waals surface area contributed by atoms with Gasteiger partial charge >= 0.3 is 0 Å². The maximum Gasteiger partial charge on any atom is 0.224 e. The molecule has 2 amide bonds. The average Bonchev–Trinajstić information content (AvgIpc) is 2.29. The van der Waals surface area contributed by atoms with Crippen LogP contribution < -0.4 is 11.1 Å². The minimum absolute atomic E-state index is 0.0549. The van der Waals surface area contributed by atoms with E-state index >= 15 is 0 Å². The quantitative estimate of drug-likeness (QED) is 0.780. The van der Waals surface area contributed by atoms with E-state index in [-0.39, 0.29) is 23.7 Å². The van der Waals surface area contributed by atoms with Crippen molar-refractivity contribution in [3.63, 3.8) is 0 Å². The van der Waals surface area contributed by atoms with E-state index in [0.717, 1.165) is 32.1 Å². The number of nitrogens with two attached hydrogens (primary N) is 1. The first-order valence-electron chi connectivity index (χ1n) is 6.47. The molecule has 0 bridgehead atoms. The van der Waals surface area contributed by atoms with Gasteiger partial charge < -0.3 is 11.1 Å². The van der Waals surface area contributed by atoms with Crippen molar-refractivity contribution in [1.29, 1.82) is 0 Å². The lowest BCUT2D eigenvalue weighted by Crippen LogP contribution is -2.52. The van der Waals surface area contributed by atoms with Gasteiger partial charge in [-0.1, -0.05) is 33.1 Å². The van der Waals surface area contributed by atoms with Crippen LogP contribution in [0.1, 0.15) is 46.0 Å². The molecule has 4 heteroatoms. The van der Waals surface area contributed by atoms with Crippen LogP contribution in [-0.2, 0) is 9.59 Å². The van der Waals surface area contributed by atoms with Gasteiger partial charge in [0.15, 0.2) is 0 Å². The van der Waals surface area contributed by atoms with Gasteiger partial charge in [-0.25, -0.2) is 0 Å². The molecule has 1 fully saturated rings. The number of carbonyl (C=O) groups excluding carboxylic acids is 2. The van der Waals surface area contributed by atoms with Crippen molar-refractivity contribution < 1.29 is 9.59 Å². The second-order valence-corrected chi connectivity index (χ2v) is 5.42. The highest BCUT2D eigenvalue weighted by atomic mass is 16.2. The van der Waals surface area contributed by atoms with E-state index in [1.807, 2.05) is 13.8 Å². The lowest BCUT2D eigenvalue weighted by molar-refractivity contribution is -0.145. The van der Waals surface area contributed by atoms with Gasteiger partial charge in [-0.3, -0.25) is 9.59 Å². The van der Waals surface area contributed by atoms with Gasteiger partial charge in [-0.05, 0) is 18.8 Å². The fourth-order valence-electron chi connectivity index (χ4n) is 3.24. The number of rotatable bonds is 4.